The van der Waals surface area contributed by atoms with Crippen LogP contribution >= 0.6 is 23.2 Å². The summed E-state index contributed by atoms with van der Waals surface area (Å²) in [6, 6.07) is 4.51. The number of esters is 1. The van der Waals surface area contributed by atoms with Crippen molar-refractivity contribution < 1.29 is 14.3 Å². The van der Waals surface area contributed by atoms with Crippen molar-refractivity contribution in [1.29, 1.82) is 0 Å². The zero-order valence-corrected chi connectivity index (χ0v) is 11.1. The van der Waals surface area contributed by atoms with Gasteiger partial charge in [-0.2, -0.15) is 0 Å². The molecule has 1 aliphatic rings. The Morgan fingerprint density at radius 2 is 2.00 bits per heavy atom. The van der Waals surface area contributed by atoms with Crippen LogP contribution in [-0.2, 0) is 9.53 Å². The molecule has 0 bridgehead atoms. The van der Waals surface area contributed by atoms with E-state index in [1.807, 2.05) is 0 Å². The second-order valence-electron chi connectivity index (χ2n) is 4.23. The number of hydrogen-bond donors (Lipinski definition) is 0. The predicted octanol–water partition coefficient (Wildman–Crippen LogP) is 3.66. The summed E-state index contributed by atoms with van der Waals surface area (Å²) in [5, 5.41) is 0.669. The van der Waals surface area contributed by atoms with E-state index in [0.717, 1.165) is 12.8 Å². The molecule has 1 saturated carbocycles. The highest BCUT2D eigenvalue weighted by molar-refractivity contribution is 6.42. The van der Waals surface area contributed by atoms with E-state index >= 15 is 0 Å². The van der Waals surface area contributed by atoms with Crippen LogP contribution in [0.1, 0.15) is 36.0 Å². The molecule has 0 aliphatic heterocycles. The number of hydrogen-bond acceptors (Lipinski definition) is 3. The normalized spacial score (nSPS) is 19.7. The molecule has 1 aromatic carbocycles. The van der Waals surface area contributed by atoms with Gasteiger partial charge in [0.15, 0.2) is 11.9 Å². The van der Waals surface area contributed by atoms with Crippen molar-refractivity contribution in [1.82, 2.24) is 0 Å². The highest BCUT2D eigenvalue weighted by Crippen LogP contribution is 2.24. The van der Waals surface area contributed by atoms with E-state index in [1.165, 1.54) is 18.2 Å². The van der Waals surface area contributed by atoms with Gasteiger partial charge in [0.25, 0.3) is 0 Å². The maximum Gasteiger partial charge on any atom is 0.338 e. The van der Waals surface area contributed by atoms with Crippen LogP contribution in [0.2, 0.25) is 10.0 Å². The Morgan fingerprint density at radius 1 is 1.22 bits per heavy atom. The van der Waals surface area contributed by atoms with Gasteiger partial charge in [0.2, 0.25) is 0 Å². The van der Waals surface area contributed by atoms with Gasteiger partial charge in [-0.25, -0.2) is 4.79 Å². The molecule has 0 heterocycles. The van der Waals surface area contributed by atoms with Crippen molar-refractivity contribution >= 4 is 35.0 Å². The Kier molecular flexibility index (Phi) is 4.25. The predicted molar refractivity (Wildman–Crippen MR) is 69.1 cm³/mol. The van der Waals surface area contributed by atoms with Crippen LogP contribution in [0.4, 0.5) is 0 Å². The van der Waals surface area contributed by atoms with Gasteiger partial charge in [0.1, 0.15) is 0 Å². The van der Waals surface area contributed by atoms with E-state index in [1.54, 1.807) is 0 Å². The summed E-state index contributed by atoms with van der Waals surface area (Å²) in [7, 11) is 0. The van der Waals surface area contributed by atoms with Crippen molar-refractivity contribution in [3.8, 4) is 0 Å². The highest BCUT2D eigenvalue weighted by Gasteiger charge is 2.26. The van der Waals surface area contributed by atoms with E-state index in [2.05, 4.69) is 0 Å². The summed E-state index contributed by atoms with van der Waals surface area (Å²) in [6.07, 6.45) is 2.26. The number of carbonyl (C=O) groups is 2. The Morgan fingerprint density at radius 3 is 2.67 bits per heavy atom. The SMILES string of the molecule is O=C(O[C@H]1CCCCC1=O)c1ccc(Cl)c(Cl)c1. The van der Waals surface area contributed by atoms with Crippen LogP contribution in [0.3, 0.4) is 0 Å². The molecule has 0 aromatic heterocycles. The lowest BCUT2D eigenvalue weighted by atomic mass is 9.96. The molecule has 5 heteroatoms. The van der Waals surface area contributed by atoms with Gasteiger partial charge in [-0.15, -0.1) is 0 Å². The van der Waals surface area contributed by atoms with Gasteiger partial charge in [-0.1, -0.05) is 23.2 Å². The summed E-state index contributed by atoms with van der Waals surface area (Å²) in [5.74, 6) is -0.538. The van der Waals surface area contributed by atoms with E-state index < -0.39 is 12.1 Å². The first-order valence-corrected chi connectivity index (χ1v) is 6.52. The number of rotatable bonds is 2. The standard InChI is InChI=1S/C13H12Cl2O3/c14-9-6-5-8(7-10(9)15)13(17)18-12-4-2-1-3-11(12)16/h5-7,12H,1-4H2/t12-/m0/s1. The second kappa shape index (κ2) is 5.72. The third-order valence-corrected chi connectivity index (χ3v) is 3.64. The minimum atomic E-state index is -0.610. The largest absolute Gasteiger partial charge is 0.451 e. The Balaban J connectivity index is 2.07. The van der Waals surface area contributed by atoms with Crippen molar-refractivity contribution in [2.24, 2.45) is 0 Å². The summed E-state index contributed by atoms with van der Waals surface area (Å²) >= 11 is 11.6. The smallest absolute Gasteiger partial charge is 0.338 e. The molecule has 0 radical (unpaired) electrons. The van der Waals surface area contributed by atoms with Crippen molar-refractivity contribution in [3.63, 3.8) is 0 Å². The average molecular weight is 287 g/mol. The lowest BCUT2D eigenvalue weighted by Gasteiger charge is -2.20. The summed E-state index contributed by atoms with van der Waals surface area (Å²) in [5.41, 5.74) is 0.308. The fourth-order valence-corrected chi connectivity index (χ4v) is 2.19. The van der Waals surface area contributed by atoms with E-state index in [9.17, 15) is 9.59 Å². The number of carbonyl (C=O) groups excluding carboxylic acids is 2. The van der Waals surface area contributed by atoms with E-state index in [4.69, 9.17) is 27.9 Å². The monoisotopic (exact) mass is 286 g/mol. The molecular weight excluding hydrogens is 275 g/mol. The number of ether oxygens (including phenoxy) is 1. The molecule has 2 rings (SSSR count). The van der Waals surface area contributed by atoms with Gasteiger partial charge < -0.3 is 4.74 Å². The van der Waals surface area contributed by atoms with E-state index in [-0.39, 0.29) is 5.78 Å². The third-order valence-electron chi connectivity index (χ3n) is 2.90. The Bertz CT molecular complexity index is 485. The molecular formula is C13H12Cl2O3. The molecule has 0 N–H and O–H groups in total. The van der Waals surface area contributed by atoms with Crippen LogP contribution < -0.4 is 0 Å². The lowest BCUT2D eigenvalue weighted by Crippen LogP contribution is -2.30. The maximum atomic E-state index is 11.8. The molecule has 1 atom stereocenters. The van der Waals surface area contributed by atoms with Crippen molar-refractivity contribution in [2.45, 2.75) is 31.8 Å². The van der Waals surface area contributed by atoms with Gasteiger partial charge in [0, 0.05) is 6.42 Å². The molecule has 0 amide bonds. The molecule has 1 aromatic rings. The van der Waals surface area contributed by atoms with Gasteiger partial charge in [-0.05, 0) is 37.5 Å². The summed E-state index contributed by atoms with van der Waals surface area (Å²) < 4.78 is 5.19. The summed E-state index contributed by atoms with van der Waals surface area (Å²) in [6.45, 7) is 0. The molecule has 1 aliphatic carbocycles. The van der Waals surface area contributed by atoms with Crippen LogP contribution in [0, 0.1) is 0 Å². The van der Waals surface area contributed by atoms with Crippen LogP contribution in [0.15, 0.2) is 18.2 Å². The van der Waals surface area contributed by atoms with Gasteiger partial charge in [-0.3, -0.25) is 4.79 Å². The first kappa shape index (κ1) is 13.4. The van der Waals surface area contributed by atoms with Crippen LogP contribution in [0.5, 0.6) is 0 Å². The Labute approximate surface area is 115 Å². The lowest BCUT2D eigenvalue weighted by molar-refractivity contribution is -0.129. The van der Waals surface area contributed by atoms with Crippen LogP contribution in [0.25, 0.3) is 0 Å². The molecule has 18 heavy (non-hydrogen) atoms. The molecule has 1 fully saturated rings. The topological polar surface area (TPSA) is 43.4 Å². The second-order valence-corrected chi connectivity index (χ2v) is 5.05. The Hall–Kier alpha value is -1.06. The van der Waals surface area contributed by atoms with Crippen molar-refractivity contribution in [3.05, 3.63) is 33.8 Å². The molecule has 0 unspecified atom stereocenters. The van der Waals surface area contributed by atoms with Gasteiger partial charge in [0.05, 0.1) is 15.6 Å². The zero-order chi connectivity index (χ0) is 13.1. The number of ketones is 1. The van der Waals surface area contributed by atoms with Crippen LogP contribution in [-0.4, -0.2) is 17.9 Å². The molecule has 0 spiro atoms. The third kappa shape index (κ3) is 3.03. The quantitative estimate of drug-likeness (QED) is 0.779. The fraction of sp³-hybridized carbons (Fsp3) is 0.385. The molecule has 0 saturated heterocycles. The zero-order valence-electron chi connectivity index (χ0n) is 9.62. The minimum absolute atomic E-state index is 0.00494. The first-order valence-electron chi connectivity index (χ1n) is 5.76. The first-order chi connectivity index (χ1) is 8.58. The number of halogens is 2. The van der Waals surface area contributed by atoms with E-state index in [0.29, 0.717) is 28.5 Å². The maximum absolute atomic E-state index is 11.8. The van der Waals surface area contributed by atoms with Crippen molar-refractivity contribution in [2.75, 3.05) is 0 Å². The highest BCUT2D eigenvalue weighted by atomic mass is 35.5. The fourth-order valence-electron chi connectivity index (χ4n) is 1.90. The molecule has 96 valence electrons. The minimum Gasteiger partial charge on any atom is -0.451 e. The summed E-state index contributed by atoms with van der Waals surface area (Å²) in [4.78, 5) is 23.4. The number of Topliss-reactive ketones (excluding diaryl/α,β-unsaturated/α-hetero) is 1. The molecule has 3 nitrogen and oxygen atoms in total. The number of benzene rings is 1. The van der Waals surface area contributed by atoms with Gasteiger partial charge >= 0.3 is 5.97 Å². The average Bonchev–Trinajstić information content (AvgIpc) is 2.35.